The summed E-state index contributed by atoms with van der Waals surface area (Å²) < 4.78 is 11.0. The van der Waals surface area contributed by atoms with Gasteiger partial charge < -0.3 is 19.5 Å². The summed E-state index contributed by atoms with van der Waals surface area (Å²) in [5, 5.41) is 4.71. The van der Waals surface area contributed by atoms with E-state index in [-0.39, 0.29) is 5.97 Å². The predicted molar refractivity (Wildman–Crippen MR) is 109 cm³/mol. The lowest BCUT2D eigenvalue weighted by molar-refractivity contribution is -0.131. The van der Waals surface area contributed by atoms with E-state index in [2.05, 4.69) is 34.7 Å². The van der Waals surface area contributed by atoms with E-state index in [9.17, 15) is 4.79 Å². The number of benzene rings is 2. The number of carbonyl (C=O) groups is 1. The van der Waals surface area contributed by atoms with Crippen molar-refractivity contribution in [1.82, 2.24) is 10.3 Å². The topological polar surface area (TPSA) is 67.3 Å². The van der Waals surface area contributed by atoms with Crippen LogP contribution in [0.1, 0.15) is 18.2 Å². The van der Waals surface area contributed by atoms with Gasteiger partial charge >= 0.3 is 5.97 Å². The highest BCUT2D eigenvalue weighted by Crippen LogP contribution is 2.24. The van der Waals surface area contributed by atoms with Gasteiger partial charge in [-0.1, -0.05) is 18.2 Å². The van der Waals surface area contributed by atoms with Crippen LogP contribution in [0.5, 0.6) is 5.75 Å². The number of hydrogen-bond donors (Lipinski definition) is 2. The van der Waals surface area contributed by atoms with Gasteiger partial charge in [-0.2, -0.15) is 0 Å². The van der Waals surface area contributed by atoms with Crippen LogP contribution in [-0.2, 0) is 17.8 Å². The van der Waals surface area contributed by atoms with Gasteiger partial charge in [0.1, 0.15) is 17.3 Å². The summed E-state index contributed by atoms with van der Waals surface area (Å²) in [4.78, 5) is 14.3. The molecular formula is C23H22N2O3. The van der Waals surface area contributed by atoms with Crippen molar-refractivity contribution in [3.05, 3.63) is 78.2 Å². The monoisotopic (exact) mass is 374 g/mol. The van der Waals surface area contributed by atoms with Gasteiger partial charge in [0.05, 0.1) is 6.54 Å². The summed E-state index contributed by atoms with van der Waals surface area (Å²) in [5.41, 5.74) is 3.44. The molecule has 4 aromatic rings. The van der Waals surface area contributed by atoms with Crippen LogP contribution < -0.4 is 10.1 Å². The lowest BCUT2D eigenvalue weighted by Gasteiger charge is -2.03. The van der Waals surface area contributed by atoms with Crippen molar-refractivity contribution in [2.45, 2.75) is 19.9 Å². The number of ether oxygens (including phenoxy) is 1. The maximum atomic E-state index is 11.0. The highest BCUT2D eigenvalue weighted by molar-refractivity contribution is 5.83. The molecule has 142 valence electrons. The number of carbonyl (C=O) groups excluding carboxylic acids is 1. The standard InChI is InChI=1S/C23H22N2O3/c1-16(26)27-19-8-6-17(7-9-19)23-11-10-20(28-23)15-24-13-12-18-14-25-22-5-3-2-4-21(18)22/h2-11,14,24-25H,12-13,15H2,1H3. The Morgan fingerprint density at radius 2 is 1.89 bits per heavy atom. The van der Waals surface area contributed by atoms with Crippen molar-refractivity contribution < 1.29 is 13.9 Å². The quantitative estimate of drug-likeness (QED) is 0.280. The summed E-state index contributed by atoms with van der Waals surface area (Å²) in [6.07, 6.45) is 3.03. The Bertz CT molecular complexity index is 1080. The minimum absolute atomic E-state index is 0.327. The average molecular weight is 374 g/mol. The minimum Gasteiger partial charge on any atom is -0.460 e. The van der Waals surface area contributed by atoms with Crippen LogP contribution in [0.4, 0.5) is 0 Å². The van der Waals surface area contributed by atoms with Gasteiger partial charge in [0.2, 0.25) is 0 Å². The Hall–Kier alpha value is -3.31. The zero-order valence-corrected chi connectivity index (χ0v) is 15.7. The fourth-order valence-electron chi connectivity index (χ4n) is 3.25. The van der Waals surface area contributed by atoms with Gasteiger partial charge in [-0.15, -0.1) is 0 Å². The third-order valence-corrected chi connectivity index (χ3v) is 4.61. The average Bonchev–Trinajstić information content (AvgIpc) is 3.33. The van der Waals surface area contributed by atoms with Gasteiger partial charge in [-0.25, -0.2) is 0 Å². The molecule has 4 rings (SSSR count). The zero-order chi connectivity index (χ0) is 19.3. The number of H-pyrrole nitrogens is 1. The molecule has 2 heterocycles. The third kappa shape index (κ3) is 4.15. The Morgan fingerprint density at radius 1 is 1.07 bits per heavy atom. The molecule has 0 unspecified atom stereocenters. The van der Waals surface area contributed by atoms with Crippen LogP contribution in [0.15, 0.2) is 71.3 Å². The Balaban J connectivity index is 1.30. The lowest BCUT2D eigenvalue weighted by atomic mass is 10.1. The zero-order valence-electron chi connectivity index (χ0n) is 15.7. The van der Waals surface area contributed by atoms with Crippen LogP contribution in [0.25, 0.3) is 22.2 Å². The molecule has 0 saturated carbocycles. The maximum absolute atomic E-state index is 11.0. The Morgan fingerprint density at radius 3 is 2.71 bits per heavy atom. The summed E-state index contributed by atoms with van der Waals surface area (Å²) >= 11 is 0. The third-order valence-electron chi connectivity index (χ3n) is 4.61. The number of nitrogens with one attached hydrogen (secondary N) is 2. The van der Waals surface area contributed by atoms with E-state index in [1.807, 2.05) is 30.3 Å². The van der Waals surface area contributed by atoms with Crippen molar-refractivity contribution >= 4 is 16.9 Å². The molecule has 28 heavy (non-hydrogen) atoms. The second-order valence-electron chi connectivity index (χ2n) is 6.67. The molecule has 0 spiro atoms. The smallest absolute Gasteiger partial charge is 0.308 e. The van der Waals surface area contributed by atoms with E-state index >= 15 is 0 Å². The maximum Gasteiger partial charge on any atom is 0.308 e. The molecule has 0 radical (unpaired) electrons. The van der Waals surface area contributed by atoms with Crippen LogP contribution in [0.2, 0.25) is 0 Å². The van der Waals surface area contributed by atoms with E-state index < -0.39 is 0 Å². The molecule has 0 aliphatic carbocycles. The first-order valence-corrected chi connectivity index (χ1v) is 9.32. The van der Waals surface area contributed by atoms with Crippen LogP contribution in [0, 0.1) is 0 Å². The minimum atomic E-state index is -0.327. The molecule has 5 nitrogen and oxygen atoms in total. The normalized spacial score (nSPS) is 11.0. The summed E-state index contributed by atoms with van der Waals surface area (Å²) in [6.45, 7) is 2.93. The van der Waals surface area contributed by atoms with Crippen molar-refractivity contribution in [1.29, 1.82) is 0 Å². The fourth-order valence-corrected chi connectivity index (χ4v) is 3.25. The first kappa shape index (κ1) is 18.1. The van der Waals surface area contributed by atoms with Crippen LogP contribution in [0.3, 0.4) is 0 Å². The summed E-state index contributed by atoms with van der Waals surface area (Å²) in [5.74, 6) is 1.88. The number of furan rings is 1. The second-order valence-corrected chi connectivity index (χ2v) is 6.67. The second kappa shape index (κ2) is 8.15. The number of fused-ring (bicyclic) bond motifs is 1. The number of esters is 1. The molecule has 5 heteroatoms. The molecule has 2 aromatic heterocycles. The number of aromatic amines is 1. The van der Waals surface area contributed by atoms with Gasteiger partial charge in [0.25, 0.3) is 0 Å². The number of rotatable bonds is 7. The van der Waals surface area contributed by atoms with Gasteiger partial charge in [0, 0.05) is 29.6 Å². The van der Waals surface area contributed by atoms with Gasteiger partial charge in [0.15, 0.2) is 0 Å². The SMILES string of the molecule is CC(=O)Oc1ccc(-c2ccc(CNCCc3c[nH]c4ccccc34)o2)cc1. The molecule has 2 aromatic carbocycles. The molecular weight excluding hydrogens is 352 g/mol. The van der Waals surface area contributed by atoms with Crippen LogP contribution in [-0.4, -0.2) is 17.5 Å². The molecule has 0 saturated heterocycles. The molecule has 0 fully saturated rings. The molecule has 2 N–H and O–H groups in total. The van der Waals surface area contributed by atoms with E-state index in [0.29, 0.717) is 12.3 Å². The highest BCUT2D eigenvalue weighted by atomic mass is 16.5. The summed E-state index contributed by atoms with van der Waals surface area (Å²) in [6, 6.07) is 19.6. The highest BCUT2D eigenvalue weighted by Gasteiger charge is 2.07. The van der Waals surface area contributed by atoms with E-state index in [0.717, 1.165) is 30.0 Å². The Kier molecular flexibility index (Phi) is 5.26. The molecule has 0 amide bonds. The van der Waals surface area contributed by atoms with E-state index in [1.165, 1.54) is 23.4 Å². The number of para-hydroxylation sites is 1. The summed E-state index contributed by atoms with van der Waals surface area (Å²) in [7, 11) is 0. The predicted octanol–water partition coefficient (Wildman–Crippen LogP) is 4.69. The van der Waals surface area contributed by atoms with Gasteiger partial charge in [-0.3, -0.25) is 4.79 Å². The fraction of sp³-hybridized carbons (Fsp3) is 0.174. The molecule has 0 aliphatic rings. The largest absolute Gasteiger partial charge is 0.460 e. The van der Waals surface area contributed by atoms with Crippen molar-refractivity contribution in [2.75, 3.05) is 6.54 Å². The van der Waals surface area contributed by atoms with Crippen molar-refractivity contribution in [3.63, 3.8) is 0 Å². The van der Waals surface area contributed by atoms with Crippen molar-refractivity contribution in [3.8, 4) is 17.1 Å². The van der Waals surface area contributed by atoms with E-state index in [1.54, 1.807) is 12.1 Å². The number of aromatic nitrogens is 1. The van der Waals surface area contributed by atoms with Crippen molar-refractivity contribution in [2.24, 2.45) is 0 Å². The first-order chi connectivity index (χ1) is 13.7. The van der Waals surface area contributed by atoms with E-state index in [4.69, 9.17) is 9.15 Å². The Labute approximate surface area is 163 Å². The molecule has 0 bridgehead atoms. The first-order valence-electron chi connectivity index (χ1n) is 9.32. The molecule has 0 atom stereocenters. The molecule has 0 aliphatic heterocycles. The number of hydrogen-bond acceptors (Lipinski definition) is 4. The van der Waals surface area contributed by atoms with Gasteiger partial charge in [-0.05, 0) is 61.0 Å². The van der Waals surface area contributed by atoms with Crippen LogP contribution >= 0.6 is 0 Å². The lowest BCUT2D eigenvalue weighted by Crippen LogP contribution is -2.16.